The fourth-order valence-corrected chi connectivity index (χ4v) is 5.58. The van der Waals surface area contributed by atoms with Crippen molar-refractivity contribution in [2.24, 2.45) is 0 Å². The molecule has 1 heterocycles. The van der Waals surface area contributed by atoms with Crippen molar-refractivity contribution in [1.82, 2.24) is 14.7 Å². The van der Waals surface area contributed by atoms with Crippen LogP contribution in [0.2, 0.25) is 15.1 Å². The molecule has 10 heteroatoms. The van der Waals surface area contributed by atoms with E-state index in [0.29, 0.717) is 29.8 Å². The lowest BCUT2D eigenvalue weighted by Crippen LogP contribution is -2.34. The van der Waals surface area contributed by atoms with Crippen molar-refractivity contribution < 1.29 is 13.2 Å². The summed E-state index contributed by atoms with van der Waals surface area (Å²) in [5.74, 6) is 0. The average molecular weight is 453 g/mol. The molecule has 0 bridgehead atoms. The first-order valence-electron chi connectivity index (χ1n) is 8.23. The zero-order chi connectivity index (χ0) is 20.7. The second-order valence-corrected chi connectivity index (χ2v) is 8.98. The summed E-state index contributed by atoms with van der Waals surface area (Å²) in [5.41, 5.74) is 1.31. The number of hydrogen-bond donors (Lipinski definition) is 0. The average Bonchev–Trinajstić information content (AvgIpc) is 3.01. The number of hydrogen-bond acceptors (Lipinski definition) is 4. The molecule has 2 aromatic rings. The van der Waals surface area contributed by atoms with Gasteiger partial charge in [-0.2, -0.15) is 9.78 Å². The van der Waals surface area contributed by atoms with Crippen LogP contribution in [0.4, 0.5) is 4.79 Å². The lowest BCUT2D eigenvalue weighted by Gasteiger charge is -2.17. The van der Waals surface area contributed by atoms with E-state index in [0.717, 1.165) is 4.68 Å². The quantitative estimate of drug-likeness (QED) is 0.660. The molecule has 6 nitrogen and oxygen atoms in total. The molecule has 148 valence electrons. The van der Waals surface area contributed by atoms with Gasteiger partial charge >= 0.3 is 6.03 Å². The summed E-state index contributed by atoms with van der Waals surface area (Å²) < 4.78 is 27.4. The van der Waals surface area contributed by atoms with Gasteiger partial charge in [-0.1, -0.05) is 34.8 Å². The minimum Gasteiger partial charge on any atom is -0.323 e. The van der Waals surface area contributed by atoms with Crippen LogP contribution in [0.5, 0.6) is 0 Å². The molecule has 2 rings (SSSR count). The van der Waals surface area contributed by atoms with E-state index < -0.39 is 20.9 Å². The first-order valence-corrected chi connectivity index (χ1v) is 10.8. The smallest absolute Gasteiger partial charge is 0.323 e. The number of sulfone groups is 1. The molecule has 0 saturated heterocycles. The summed E-state index contributed by atoms with van der Waals surface area (Å²) >= 11 is 18.7. The predicted molar refractivity (Wildman–Crippen MR) is 107 cm³/mol. The fourth-order valence-electron chi connectivity index (χ4n) is 2.90. The van der Waals surface area contributed by atoms with Crippen molar-refractivity contribution in [1.29, 1.82) is 0 Å². The highest BCUT2D eigenvalue weighted by Crippen LogP contribution is 2.39. The van der Waals surface area contributed by atoms with Gasteiger partial charge in [0.1, 0.15) is 0 Å². The first-order chi connectivity index (χ1) is 12.5. The van der Waals surface area contributed by atoms with Crippen LogP contribution < -0.4 is 0 Å². The van der Waals surface area contributed by atoms with Crippen LogP contribution in [0.15, 0.2) is 16.1 Å². The third-order valence-electron chi connectivity index (χ3n) is 4.39. The van der Waals surface area contributed by atoms with Gasteiger partial charge < -0.3 is 4.90 Å². The maximum atomic E-state index is 13.3. The molecule has 0 radical (unpaired) electrons. The van der Waals surface area contributed by atoms with Gasteiger partial charge in [-0.3, -0.25) is 0 Å². The van der Waals surface area contributed by atoms with Crippen molar-refractivity contribution in [3.63, 3.8) is 0 Å². The van der Waals surface area contributed by atoms with Crippen LogP contribution >= 0.6 is 34.8 Å². The minimum atomic E-state index is -4.15. The van der Waals surface area contributed by atoms with E-state index in [9.17, 15) is 13.2 Å². The minimum absolute atomic E-state index is 0.0504. The lowest BCUT2D eigenvalue weighted by atomic mass is 10.1. The first kappa shape index (κ1) is 22.0. The van der Waals surface area contributed by atoms with Gasteiger partial charge in [0, 0.05) is 23.1 Å². The van der Waals surface area contributed by atoms with Gasteiger partial charge in [0.2, 0.25) is 14.9 Å². The number of carbonyl (C=O) groups is 1. The number of amides is 1. The van der Waals surface area contributed by atoms with Crippen LogP contribution in [0.1, 0.15) is 30.5 Å². The molecule has 1 amide bonds. The summed E-state index contributed by atoms with van der Waals surface area (Å²) in [6.07, 6.45) is 1.19. The number of carbonyl (C=O) groups excluding carboxylic acids is 1. The van der Waals surface area contributed by atoms with Crippen LogP contribution in [0.3, 0.4) is 0 Å². The number of aromatic nitrogens is 2. The van der Waals surface area contributed by atoms with Gasteiger partial charge in [0.15, 0.2) is 0 Å². The maximum absolute atomic E-state index is 13.3. The zero-order valence-corrected chi connectivity index (χ0v) is 18.7. The molecule has 0 aliphatic carbocycles. The molecule has 0 aliphatic heterocycles. The van der Waals surface area contributed by atoms with E-state index in [1.807, 2.05) is 13.8 Å². The molecular formula is C17H20Cl3N3O3S. The normalized spacial score (nSPS) is 11.7. The highest BCUT2D eigenvalue weighted by molar-refractivity contribution is 7.91. The van der Waals surface area contributed by atoms with E-state index in [-0.39, 0.29) is 20.0 Å². The van der Waals surface area contributed by atoms with Gasteiger partial charge in [-0.05, 0) is 51.3 Å². The summed E-state index contributed by atoms with van der Waals surface area (Å²) in [6.45, 7) is 9.44. The number of halogens is 3. The standard InChI is InChI=1S/C17H20Cl3N3O3S/c1-6-22(7-2)17(24)23-8-12(18)16(21-23)27(25,26)15-10(4)13(19)9(3)14(20)11(15)5/h8H,6-7H2,1-5H3. The molecule has 0 spiro atoms. The van der Waals surface area contributed by atoms with Crippen LogP contribution in [0, 0.1) is 20.8 Å². The molecule has 27 heavy (non-hydrogen) atoms. The summed E-state index contributed by atoms with van der Waals surface area (Å²) in [7, 11) is -4.15. The monoisotopic (exact) mass is 451 g/mol. The Morgan fingerprint density at radius 1 is 1.04 bits per heavy atom. The number of nitrogens with zero attached hydrogens (tertiary/aromatic N) is 3. The second kappa shape index (κ2) is 7.99. The summed E-state index contributed by atoms with van der Waals surface area (Å²) in [5, 5.41) is 3.92. The van der Waals surface area contributed by atoms with Crippen molar-refractivity contribution >= 4 is 50.7 Å². The Balaban J connectivity index is 2.69. The van der Waals surface area contributed by atoms with E-state index in [1.54, 1.807) is 20.8 Å². The van der Waals surface area contributed by atoms with Crippen molar-refractivity contribution in [2.45, 2.75) is 44.5 Å². The lowest BCUT2D eigenvalue weighted by molar-refractivity contribution is 0.201. The Morgan fingerprint density at radius 2 is 1.52 bits per heavy atom. The molecule has 0 saturated carbocycles. The zero-order valence-electron chi connectivity index (χ0n) is 15.6. The van der Waals surface area contributed by atoms with Crippen LogP contribution in [-0.2, 0) is 9.84 Å². The maximum Gasteiger partial charge on any atom is 0.344 e. The van der Waals surface area contributed by atoms with E-state index in [1.165, 1.54) is 11.1 Å². The highest BCUT2D eigenvalue weighted by Gasteiger charge is 2.32. The SMILES string of the molecule is CCN(CC)C(=O)n1cc(Cl)c(S(=O)(=O)c2c(C)c(Cl)c(C)c(Cl)c2C)n1. The fraction of sp³-hybridized carbons (Fsp3) is 0.412. The second-order valence-electron chi connectivity index (χ2n) is 6.02. The van der Waals surface area contributed by atoms with E-state index >= 15 is 0 Å². The third kappa shape index (κ3) is 3.70. The molecule has 0 unspecified atom stereocenters. The Labute approximate surface area is 173 Å². The summed E-state index contributed by atoms with van der Waals surface area (Å²) in [6, 6.07) is -0.461. The molecule has 0 fully saturated rings. The van der Waals surface area contributed by atoms with Crippen LogP contribution in [-0.4, -0.2) is 42.2 Å². The topological polar surface area (TPSA) is 72.3 Å². The van der Waals surface area contributed by atoms with Crippen LogP contribution in [0.25, 0.3) is 0 Å². The Kier molecular flexibility index (Phi) is 6.52. The van der Waals surface area contributed by atoms with Gasteiger partial charge in [0.05, 0.1) is 16.1 Å². The van der Waals surface area contributed by atoms with E-state index in [4.69, 9.17) is 34.8 Å². The summed E-state index contributed by atoms with van der Waals surface area (Å²) in [4.78, 5) is 13.9. The number of rotatable bonds is 4. The highest BCUT2D eigenvalue weighted by atomic mass is 35.5. The predicted octanol–water partition coefficient (Wildman–Crippen LogP) is 4.91. The molecule has 0 N–H and O–H groups in total. The molecular weight excluding hydrogens is 433 g/mol. The Morgan fingerprint density at radius 3 is 1.96 bits per heavy atom. The molecule has 1 aromatic carbocycles. The largest absolute Gasteiger partial charge is 0.344 e. The van der Waals surface area contributed by atoms with Crippen molar-refractivity contribution in [3.05, 3.63) is 38.0 Å². The Bertz CT molecular complexity index is 983. The third-order valence-corrected chi connectivity index (χ3v) is 7.87. The van der Waals surface area contributed by atoms with Crippen molar-refractivity contribution in [3.8, 4) is 0 Å². The van der Waals surface area contributed by atoms with Crippen molar-refractivity contribution in [2.75, 3.05) is 13.1 Å². The molecule has 1 aromatic heterocycles. The van der Waals surface area contributed by atoms with E-state index in [2.05, 4.69) is 5.10 Å². The van der Waals surface area contributed by atoms with Gasteiger partial charge in [-0.15, -0.1) is 0 Å². The molecule has 0 aliphatic rings. The number of benzene rings is 1. The molecule has 0 atom stereocenters. The van der Waals surface area contributed by atoms with Gasteiger partial charge in [0.25, 0.3) is 0 Å². The Hall–Kier alpha value is -1.28. The van der Waals surface area contributed by atoms with Gasteiger partial charge in [-0.25, -0.2) is 13.2 Å².